The third kappa shape index (κ3) is 3.91. The zero-order chi connectivity index (χ0) is 18.8. The van der Waals surface area contributed by atoms with Crippen LogP contribution in [0.4, 0.5) is 5.69 Å². The predicted molar refractivity (Wildman–Crippen MR) is 109 cm³/mol. The van der Waals surface area contributed by atoms with E-state index in [1.807, 2.05) is 43.3 Å². The summed E-state index contributed by atoms with van der Waals surface area (Å²) in [4.78, 5) is 15.1. The number of benzene rings is 2. The van der Waals surface area contributed by atoms with E-state index in [2.05, 4.69) is 29.3 Å². The van der Waals surface area contributed by atoms with E-state index in [9.17, 15) is 4.79 Å². The van der Waals surface area contributed by atoms with Crippen molar-refractivity contribution in [2.45, 2.75) is 33.2 Å². The lowest BCUT2D eigenvalue weighted by atomic mass is 9.99. The summed E-state index contributed by atoms with van der Waals surface area (Å²) in [7, 11) is 0. The van der Waals surface area contributed by atoms with E-state index in [1.165, 1.54) is 31.5 Å². The molecule has 1 amide bonds. The van der Waals surface area contributed by atoms with Crippen LogP contribution in [0.5, 0.6) is 0 Å². The first kappa shape index (κ1) is 17.8. The average Bonchev–Trinajstić information content (AvgIpc) is 3.02. The van der Waals surface area contributed by atoms with Gasteiger partial charge in [0.05, 0.1) is 0 Å². The second-order valence-corrected chi connectivity index (χ2v) is 7.66. The third-order valence-corrected chi connectivity index (χ3v) is 5.54. The van der Waals surface area contributed by atoms with Crippen LogP contribution in [0.15, 0.2) is 52.9 Å². The Hall–Kier alpha value is -2.59. The number of piperidine rings is 1. The highest BCUT2D eigenvalue weighted by Gasteiger charge is 2.18. The molecule has 3 aromatic rings. The van der Waals surface area contributed by atoms with Crippen molar-refractivity contribution in [1.82, 2.24) is 4.90 Å². The molecule has 4 heteroatoms. The molecular formula is C23H26N2O2. The Balaban J connectivity index is 1.41. The molecule has 140 valence electrons. The summed E-state index contributed by atoms with van der Waals surface area (Å²) >= 11 is 0. The maximum absolute atomic E-state index is 12.6. The number of amides is 1. The van der Waals surface area contributed by atoms with Crippen LogP contribution in [0.2, 0.25) is 0 Å². The van der Waals surface area contributed by atoms with Crippen LogP contribution in [-0.4, -0.2) is 23.9 Å². The second kappa shape index (κ2) is 7.57. The van der Waals surface area contributed by atoms with Gasteiger partial charge < -0.3 is 9.73 Å². The van der Waals surface area contributed by atoms with Gasteiger partial charge in [-0.15, -0.1) is 0 Å². The smallest absolute Gasteiger partial charge is 0.291 e. The number of hydrogen-bond donors (Lipinski definition) is 1. The normalized spacial score (nSPS) is 15.9. The van der Waals surface area contributed by atoms with Crippen LogP contribution in [-0.2, 0) is 6.54 Å². The number of rotatable bonds is 4. The Labute approximate surface area is 160 Å². The van der Waals surface area contributed by atoms with Gasteiger partial charge in [-0.05, 0) is 62.5 Å². The molecule has 4 nitrogen and oxygen atoms in total. The number of furan rings is 1. The highest BCUT2D eigenvalue weighted by Crippen LogP contribution is 2.26. The maximum Gasteiger partial charge on any atom is 0.291 e. The number of aryl methyl sites for hydroxylation is 1. The molecule has 2 heterocycles. The van der Waals surface area contributed by atoms with Crippen LogP contribution in [0.25, 0.3) is 11.0 Å². The number of nitrogens with zero attached hydrogens (tertiary/aromatic N) is 1. The number of nitrogens with one attached hydrogen (secondary N) is 1. The van der Waals surface area contributed by atoms with E-state index in [-0.39, 0.29) is 5.91 Å². The molecule has 0 bridgehead atoms. The lowest BCUT2D eigenvalue weighted by Gasteiger charge is -2.30. The minimum Gasteiger partial charge on any atom is -0.451 e. The zero-order valence-electron chi connectivity index (χ0n) is 16.0. The van der Waals surface area contributed by atoms with Crippen LogP contribution >= 0.6 is 0 Å². The molecule has 1 aliphatic rings. The van der Waals surface area contributed by atoms with E-state index in [4.69, 9.17) is 4.42 Å². The van der Waals surface area contributed by atoms with Crippen molar-refractivity contribution in [3.63, 3.8) is 0 Å². The first-order valence-corrected chi connectivity index (χ1v) is 9.71. The lowest BCUT2D eigenvalue weighted by molar-refractivity contribution is 0.0998. The van der Waals surface area contributed by atoms with Gasteiger partial charge in [-0.2, -0.15) is 0 Å². The predicted octanol–water partition coefficient (Wildman–Crippen LogP) is 5.23. The molecule has 1 fully saturated rings. The fourth-order valence-corrected chi connectivity index (χ4v) is 3.75. The largest absolute Gasteiger partial charge is 0.451 e. The molecule has 0 unspecified atom stereocenters. The summed E-state index contributed by atoms with van der Waals surface area (Å²) in [5.74, 6) is 1.02. The molecule has 1 saturated heterocycles. The van der Waals surface area contributed by atoms with Gasteiger partial charge in [-0.1, -0.05) is 37.3 Å². The summed E-state index contributed by atoms with van der Waals surface area (Å²) in [6.45, 7) is 7.57. The van der Waals surface area contributed by atoms with E-state index in [0.717, 1.165) is 34.7 Å². The van der Waals surface area contributed by atoms with Crippen molar-refractivity contribution >= 4 is 22.6 Å². The summed E-state index contributed by atoms with van der Waals surface area (Å²) in [5.41, 5.74) is 3.68. The topological polar surface area (TPSA) is 45.5 Å². The fraction of sp³-hybridized carbons (Fsp3) is 0.348. The van der Waals surface area contributed by atoms with Crippen LogP contribution in [0.1, 0.15) is 41.4 Å². The molecular weight excluding hydrogens is 336 g/mol. The summed E-state index contributed by atoms with van der Waals surface area (Å²) in [6.07, 6.45) is 2.57. The summed E-state index contributed by atoms with van der Waals surface area (Å²) in [5, 5.41) is 3.93. The number of carbonyl (C=O) groups excluding carboxylic acids is 1. The standard InChI is InChI=1S/C23H26N2O2/c1-16-11-13-25(14-12-16)15-18-7-9-19(10-8-18)24-23(26)22-17(2)20-5-3-4-6-21(20)27-22/h3-10,16H,11-15H2,1-2H3,(H,24,26). The molecule has 0 spiro atoms. The van der Waals surface area contributed by atoms with Crippen molar-refractivity contribution in [3.8, 4) is 0 Å². The Kier molecular flexibility index (Phi) is 4.99. The molecule has 0 radical (unpaired) electrons. The molecule has 0 saturated carbocycles. The van der Waals surface area contributed by atoms with Crippen molar-refractivity contribution in [1.29, 1.82) is 0 Å². The van der Waals surface area contributed by atoms with Crippen LogP contribution in [0, 0.1) is 12.8 Å². The number of carbonyl (C=O) groups is 1. The van der Waals surface area contributed by atoms with Crippen LogP contribution in [0.3, 0.4) is 0 Å². The molecule has 27 heavy (non-hydrogen) atoms. The second-order valence-electron chi connectivity index (χ2n) is 7.66. The van der Waals surface area contributed by atoms with Gasteiger partial charge in [-0.3, -0.25) is 9.69 Å². The third-order valence-electron chi connectivity index (χ3n) is 5.54. The van der Waals surface area contributed by atoms with E-state index >= 15 is 0 Å². The number of para-hydroxylation sites is 1. The average molecular weight is 362 g/mol. The fourth-order valence-electron chi connectivity index (χ4n) is 3.75. The summed E-state index contributed by atoms with van der Waals surface area (Å²) in [6, 6.07) is 15.9. The number of anilines is 1. The van der Waals surface area contributed by atoms with Gasteiger partial charge in [0, 0.05) is 23.2 Å². The van der Waals surface area contributed by atoms with Gasteiger partial charge in [0.25, 0.3) is 5.91 Å². The first-order chi connectivity index (χ1) is 13.1. The maximum atomic E-state index is 12.6. The Bertz CT molecular complexity index is 935. The molecule has 1 N–H and O–H groups in total. The van der Waals surface area contributed by atoms with Crippen molar-refractivity contribution in [2.75, 3.05) is 18.4 Å². The van der Waals surface area contributed by atoms with Crippen LogP contribution < -0.4 is 5.32 Å². The van der Waals surface area contributed by atoms with Crippen molar-refractivity contribution < 1.29 is 9.21 Å². The number of hydrogen-bond acceptors (Lipinski definition) is 3. The molecule has 4 rings (SSSR count). The van der Waals surface area contributed by atoms with Gasteiger partial charge in [0.2, 0.25) is 0 Å². The highest BCUT2D eigenvalue weighted by atomic mass is 16.3. The molecule has 1 aromatic heterocycles. The zero-order valence-corrected chi connectivity index (χ0v) is 16.0. The minimum atomic E-state index is -0.207. The van der Waals surface area contributed by atoms with Gasteiger partial charge in [-0.25, -0.2) is 0 Å². The molecule has 2 aromatic carbocycles. The SMILES string of the molecule is Cc1c(C(=O)Nc2ccc(CN3CCC(C)CC3)cc2)oc2ccccc12. The van der Waals surface area contributed by atoms with E-state index in [1.54, 1.807) is 0 Å². The van der Waals surface area contributed by atoms with E-state index < -0.39 is 0 Å². The Morgan fingerprint density at radius 3 is 2.52 bits per heavy atom. The van der Waals surface area contributed by atoms with Crippen molar-refractivity contribution in [3.05, 3.63) is 65.4 Å². The lowest BCUT2D eigenvalue weighted by Crippen LogP contribution is -2.32. The molecule has 1 aliphatic heterocycles. The Morgan fingerprint density at radius 1 is 1.11 bits per heavy atom. The Morgan fingerprint density at radius 2 is 1.81 bits per heavy atom. The highest BCUT2D eigenvalue weighted by molar-refractivity contribution is 6.06. The monoisotopic (exact) mass is 362 g/mol. The summed E-state index contributed by atoms with van der Waals surface area (Å²) < 4.78 is 5.75. The van der Waals surface area contributed by atoms with Gasteiger partial charge >= 0.3 is 0 Å². The number of fused-ring (bicyclic) bond motifs is 1. The van der Waals surface area contributed by atoms with E-state index in [0.29, 0.717) is 5.76 Å². The van der Waals surface area contributed by atoms with Crippen molar-refractivity contribution in [2.24, 2.45) is 5.92 Å². The molecule has 0 aliphatic carbocycles. The molecule has 0 atom stereocenters. The van der Waals surface area contributed by atoms with Gasteiger partial charge in [0.15, 0.2) is 5.76 Å². The quantitative estimate of drug-likeness (QED) is 0.691. The van der Waals surface area contributed by atoms with Gasteiger partial charge in [0.1, 0.15) is 5.58 Å². The first-order valence-electron chi connectivity index (χ1n) is 9.71. The number of likely N-dealkylation sites (tertiary alicyclic amines) is 1. The minimum absolute atomic E-state index is 0.207.